The van der Waals surface area contributed by atoms with Crippen LogP contribution in [-0.4, -0.2) is 23.7 Å². The quantitative estimate of drug-likeness (QED) is 0.560. The van der Waals surface area contributed by atoms with E-state index in [-0.39, 0.29) is 6.04 Å². The van der Waals surface area contributed by atoms with Crippen molar-refractivity contribution in [2.24, 2.45) is 5.92 Å². The highest BCUT2D eigenvalue weighted by Crippen LogP contribution is 2.14. The number of hydrogen-bond donors (Lipinski definition) is 2. The summed E-state index contributed by atoms with van der Waals surface area (Å²) in [5.74, 6) is -0.158. The van der Waals surface area contributed by atoms with Crippen molar-refractivity contribution < 1.29 is 9.90 Å². The Kier molecular flexibility index (Phi) is 2.27. The van der Waals surface area contributed by atoms with E-state index in [1.807, 2.05) is 0 Å². The molecule has 3 heteroatoms. The first-order chi connectivity index (χ1) is 4.70. The highest BCUT2D eigenvalue weighted by atomic mass is 16.4. The normalized spacial score (nSPS) is 33.7. The molecule has 0 radical (unpaired) electrons. The van der Waals surface area contributed by atoms with Crippen LogP contribution in [0.3, 0.4) is 0 Å². The average molecular weight is 143 g/mol. The van der Waals surface area contributed by atoms with Gasteiger partial charge in [-0.3, -0.25) is 4.79 Å². The average Bonchev–Trinajstić information content (AvgIpc) is 1.88. The van der Waals surface area contributed by atoms with Crippen molar-refractivity contribution in [1.29, 1.82) is 0 Å². The lowest BCUT2D eigenvalue weighted by Gasteiger charge is -2.24. The van der Waals surface area contributed by atoms with Gasteiger partial charge in [0, 0.05) is 0 Å². The molecule has 0 unspecified atom stereocenters. The van der Waals surface area contributed by atoms with Crippen LogP contribution >= 0.6 is 0 Å². The van der Waals surface area contributed by atoms with Crippen molar-refractivity contribution in [1.82, 2.24) is 5.32 Å². The minimum absolute atomic E-state index is 0.302. The van der Waals surface area contributed by atoms with Gasteiger partial charge in [-0.25, -0.2) is 0 Å². The fourth-order valence-electron chi connectivity index (χ4n) is 1.30. The van der Waals surface area contributed by atoms with Crippen molar-refractivity contribution in [3.8, 4) is 0 Å². The number of nitrogens with one attached hydrogen (secondary N) is 1. The van der Waals surface area contributed by atoms with Crippen molar-refractivity contribution >= 4 is 5.97 Å². The summed E-state index contributed by atoms with van der Waals surface area (Å²) in [7, 11) is 0. The second-order valence-electron chi connectivity index (χ2n) is 2.97. The highest BCUT2D eigenvalue weighted by molar-refractivity contribution is 5.73. The lowest BCUT2D eigenvalue weighted by molar-refractivity contribution is -0.140. The minimum Gasteiger partial charge on any atom is -0.480 e. The van der Waals surface area contributed by atoms with E-state index >= 15 is 0 Å². The van der Waals surface area contributed by atoms with E-state index in [2.05, 4.69) is 12.2 Å². The Bertz CT molecular complexity index is 136. The first-order valence-electron chi connectivity index (χ1n) is 3.66. The van der Waals surface area contributed by atoms with Crippen LogP contribution < -0.4 is 5.32 Å². The zero-order valence-corrected chi connectivity index (χ0v) is 6.13. The van der Waals surface area contributed by atoms with Crippen LogP contribution in [0.2, 0.25) is 0 Å². The van der Waals surface area contributed by atoms with Gasteiger partial charge in [-0.2, -0.15) is 0 Å². The molecule has 0 aliphatic carbocycles. The number of rotatable bonds is 1. The van der Waals surface area contributed by atoms with Gasteiger partial charge in [-0.1, -0.05) is 6.92 Å². The SMILES string of the molecule is C[C@@H]1CCN[C@@H](C(=O)O)C1. The van der Waals surface area contributed by atoms with E-state index in [4.69, 9.17) is 5.11 Å². The van der Waals surface area contributed by atoms with Gasteiger partial charge in [0.2, 0.25) is 0 Å². The summed E-state index contributed by atoms with van der Waals surface area (Å²) in [4.78, 5) is 10.4. The Balaban J connectivity index is 2.39. The molecule has 1 saturated heterocycles. The monoisotopic (exact) mass is 143 g/mol. The zero-order valence-electron chi connectivity index (χ0n) is 6.13. The lowest BCUT2D eigenvalue weighted by Crippen LogP contribution is -2.42. The Morgan fingerprint density at radius 1 is 1.70 bits per heavy atom. The molecule has 10 heavy (non-hydrogen) atoms. The molecular formula is C7H13NO2. The van der Waals surface area contributed by atoms with Gasteiger partial charge in [0.15, 0.2) is 0 Å². The Morgan fingerprint density at radius 2 is 2.40 bits per heavy atom. The maximum atomic E-state index is 10.4. The fourth-order valence-corrected chi connectivity index (χ4v) is 1.30. The number of aliphatic carboxylic acids is 1. The van der Waals surface area contributed by atoms with Crippen LogP contribution in [0.15, 0.2) is 0 Å². The third-order valence-corrected chi connectivity index (χ3v) is 1.96. The van der Waals surface area contributed by atoms with Gasteiger partial charge < -0.3 is 10.4 Å². The predicted octanol–water partition coefficient (Wildman–Crippen LogP) is 0.459. The van der Waals surface area contributed by atoms with E-state index in [0.717, 1.165) is 19.4 Å². The summed E-state index contributed by atoms with van der Waals surface area (Å²) in [5.41, 5.74) is 0. The molecule has 1 rings (SSSR count). The topological polar surface area (TPSA) is 49.3 Å². The van der Waals surface area contributed by atoms with Crippen LogP contribution in [0, 0.1) is 5.92 Å². The first kappa shape index (κ1) is 7.54. The lowest BCUT2D eigenvalue weighted by atomic mass is 9.94. The highest BCUT2D eigenvalue weighted by Gasteiger charge is 2.23. The van der Waals surface area contributed by atoms with E-state index < -0.39 is 5.97 Å². The Morgan fingerprint density at radius 3 is 2.80 bits per heavy atom. The van der Waals surface area contributed by atoms with Crippen LogP contribution in [0.1, 0.15) is 19.8 Å². The molecule has 0 saturated carbocycles. The van der Waals surface area contributed by atoms with Gasteiger partial charge in [0.1, 0.15) is 6.04 Å². The number of piperidine rings is 1. The summed E-state index contributed by atoms with van der Waals surface area (Å²) in [6, 6.07) is -0.302. The molecule has 1 aliphatic rings. The third-order valence-electron chi connectivity index (χ3n) is 1.96. The molecule has 3 nitrogen and oxygen atoms in total. The van der Waals surface area contributed by atoms with E-state index in [1.165, 1.54) is 0 Å². The molecule has 0 bridgehead atoms. The zero-order chi connectivity index (χ0) is 7.56. The summed E-state index contributed by atoms with van der Waals surface area (Å²) < 4.78 is 0. The van der Waals surface area contributed by atoms with Gasteiger partial charge in [-0.05, 0) is 25.3 Å². The maximum absolute atomic E-state index is 10.4. The molecule has 1 aliphatic heterocycles. The van der Waals surface area contributed by atoms with Crippen LogP contribution in [-0.2, 0) is 4.79 Å². The first-order valence-corrected chi connectivity index (χ1v) is 3.66. The smallest absolute Gasteiger partial charge is 0.320 e. The molecule has 0 spiro atoms. The summed E-state index contributed by atoms with van der Waals surface area (Å²) in [6.45, 7) is 2.94. The van der Waals surface area contributed by atoms with Gasteiger partial charge >= 0.3 is 5.97 Å². The summed E-state index contributed by atoms with van der Waals surface area (Å²) in [6.07, 6.45) is 1.87. The number of hydrogen-bond acceptors (Lipinski definition) is 2. The molecule has 0 aromatic rings. The van der Waals surface area contributed by atoms with Crippen molar-refractivity contribution in [2.45, 2.75) is 25.8 Å². The fraction of sp³-hybridized carbons (Fsp3) is 0.857. The molecule has 0 aromatic heterocycles. The third kappa shape index (κ3) is 1.70. The molecule has 2 N–H and O–H groups in total. The second kappa shape index (κ2) is 3.01. The second-order valence-corrected chi connectivity index (χ2v) is 2.97. The van der Waals surface area contributed by atoms with E-state index in [0.29, 0.717) is 5.92 Å². The Hall–Kier alpha value is -0.570. The minimum atomic E-state index is -0.716. The van der Waals surface area contributed by atoms with Gasteiger partial charge in [0.05, 0.1) is 0 Å². The molecule has 2 atom stereocenters. The van der Waals surface area contributed by atoms with Gasteiger partial charge in [0.25, 0.3) is 0 Å². The largest absolute Gasteiger partial charge is 0.480 e. The van der Waals surface area contributed by atoms with Crippen LogP contribution in [0.25, 0.3) is 0 Å². The van der Waals surface area contributed by atoms with Crippen LogP contribution in [0.5, 0.6) is 0 Å². The maximum Gasteiger partial charge on any atom is 0.320 e. The molecule has 1 fully saturated rings. The Labute approximate surface area is 60.4 Å². The number of carboxylic acids is 1. The molecule has 1 heterocycles. The molecule has 0 amide bonds. The van der Waals surface area contributed by atoms with Crippen molar-refractivity contribution in [3.63, 3.8) is 0 Å². The van der Waals surface area contributed by atoms with E-state index in [1.54, 1.807) is 0 Å². The van der Waals surface area contributed by atoms with E-state index in [9.17, 15) is 4.79 Å². The number of carbonyl (C=O) groups is 1. The molecule has 0 aromatic carbocycles. The van der Waals surface area contributed by atoms with Crippen molar-refractivity contribution in [3.05, 3.63) is 0 Å². The summed E-state index contributed by atoms with van der Waals surface area (Å²) >= 11 is 0. The van der Waals surface area contributed by atoms with Crippen molar-refractivity contribution in [2.75, 3.05) is 6.54 Å². The standard InChI is InChI=1S/C7H13NO2/c1-5-2-3-8-6(4-5)7(9)10/h5-6,8H,2-4H2,1H3,(H,9,10)/t5-,6-/m1/s1. The summed E-state index contributed by atoms with van der Waals surface area (Å²) in [5, 5.41) is 11.5. The molecular weight excluding hydrogens is 130 g/mol. The number of carboxylic acid groups (broad SMARTS) is 1. The predicted molar refractivity (Wildman–Crippen MR) is 37.8 cm³/mol. The van der Waals surface area contributed by atoms with Gasteiger partial charge in [-0.15, -0.1) is 0 Å². The van der Waals surface area contributed by atoms with Crippen LogP contribution in [0.4, 0.5) is 0 Å². The molecule has 58 valence electrons.